The zero-order valence-corrected chi connectivity index (χ0v) is 15.0. The van der Waals surface area contributed by atoms with Gasteiger partial charge in [0.15, 0.2) is 14.9 Å². The van der Waals surface area contributed by atoms with E-state index in [9.17, 15) is 16.8 Å². The fraction of sp³-hybridized carbons (Fsp3) is 0.750. The molecular weight excluding hydrogens is 336 g/mol. The molecule has 0 aromatic carbocycles. The van der Waals surface area contributed by atoms with Crippen LogP contribution in [0.5, 0.6) is 0 Å². The van der Waals surface area contributed by atoms with E-state index in [0.717, 1.165) is 6.42 Å². The van der Waals surface area contributed by atoms with Crippen molar-refractivity contribution in [1.82, 2.24) is 9.55 Å². The van der Waals surface area contributed by atoms with Crippen molar-refractivity contribution in [2.45, 2.75) is 56.9 Å². The number of hydrogen-bond donors (Lipinski definition) is 0. The van der Waals surface area contributed by atoms with Crippen molar-refractivity contribution in [2.24, 2.45) is 0 Å². The number of sulfone groups is 1. The molecule has 0 aliphatic heterocycles. The summed E-state index contributed by atoms with van der Waals surface area (Å²) in [6, 6.07) is 0. The van der Waals surface area contributed by atoms with Crippen LogP contribution in [-0.4, -0.2) is 36.9 Å². The van der Waals surface area contributed by atoms with Crippen LogP contribution in [0.1, 0.15) is 39.9 Å². The zero-order chi connectivity index (χ0) is 16.5. The molecule has 1 aromatic rings. The van der Waals surface area contributed by atoms with Crippen molar-refractivity contribution in [1.29, 1.82) is 0 Å². The fourth-order valence-electron chi connectivity index (χ4n) is 1.69. The monoisotopic (exact) mass is 356 g/mol. The molecule has 0 fully saturated rings. The third kappa shape index (κ3) is 4.69. The Balaban J connectivity index is 3.06. The number of nitrogens with zero attached hydrogens (tertiary/aromatic N) is 2. The first-order valence-corrected chi connectivity index (χ1v) is 10.6. The fourth-order valence-corrected chi connectivity index (χ4v) is 3.43. The third-order valence-corrected chi connectivity index (χ3v) is 6.85. The van der Waals surface area contributed by atoms with E-state index >= 15 is 0 Å². The lowest BCUT2D eigenvalue weighted by atomic mass is 10.3. The smallest absolute Gasteiger partial charge is 0.280 e. The highest BCUT2D eigenvalue weighted by Crippen LogP contribution is 2.19. The molecule has 1 rings (SSSR count). The highest BCUT2D eigenvalue weighted by Gasteiger charge is 2.29. The predicted octanol–water partition coefficient (Wildman–Crippen LogP) is 1.98. The highest BCUT2D eigenvalue weighted by molar-refractivity contribution is 8.13. The van der Waals surface area contributed by atoms with Crippen molar-refractivity contribution in [3.05, 3.63) is 12.0 Å². The number of hydrogen-bond acceptors (Lipinski definition) is 5. The molecule has 122 valence electrons. The first-order valence-electron chi connectivity index (χ1n) is 6.61. The van der Waals surface area contributed by atoms with E-state index < -0.39 is 23.6 Å². The molecule has 0 radical (unpaired) electrons. The lowest BCUT2D eigenvalue weighted by Crippen LogP contribution is -2.32. The van der Waals surface area contributed by atoms with Gasteiger partial charge in [-0.3, -0.25) is 0 Å². The van der Waals surface area contributed by atoms with Crippen LogP contribution in [0.4, 0.5) is 0 Å². The molecular formula is C12H21ClN2O4S2. The summed E-state index contributed by atoms with van der Waals surface area (Å²) in [6.07, 6.45) is 2.62. The third-order valence-electron chi connectivity index (χ3n) is 3.09. The first-order chi connectivity index (χ1) is 9.38. The van der Waals surface area contributed by atoms with Crippen molar-refractivity contribution < 1.29 is 16.8 Å². The molecule has 1 aromatic heterocycles. The molecule has 0 atom stereocenters. The minimum Gasteiger partial charge on any atom is -0.332 e. The van der Waals surface area contributed by atoms with Gasteiger partial charge in [-0.05, 0) is 27.2 Å². The van der Waals surface area contributed by atoms with E-state index in [1.54, 1.807) is 25.3 Å². The van der Waals surface area contributed by atoms with Crippen molar-refractivity contribution >= 4 is 29.6 Å². The van der Waals surface area contributed by atoms with Crippen LogP contribution in [-0.2, 0) is 31.9 Å². The molecule has 0 bridgehead atoms. The maximum absolute atomic E-state index is 12.1. The molecule has 0 unspecified atom stereocenters. The molecule has 21 heavy (non-hydrogen) atoms. The Labute approximate surface area is 130 Å². The van der Waals surface area contributed by atoms with Gasteiger partial charge in [0.2, 0.25) is 0 Å². The van der Waals surface area contributed by atoms with Crippen LogP contribution in [0.2, 0.25) is 0 Å². The minimum atomic E-state index is -3.91. The quantitative estimate of drug-likeness (QED) is 0.727. The minimum absolute atomic E-state index is 0.0780. The molecule has 0 saturated carbocycles. The lowest BCUT2D eigenvalue weighted by Gasteiger charge is -2.19. The van der Waals surface area contributed by atoms with Gasteiger partial charge in [0.25, 0.3) is 9.05 Å². The van der Waals surface area contributed by atoms with Gasteiger partial charge in [0.05, 0.1) is 10.5 Å². The summed E-state index contributed by atoms with van der Waals surface area (Å²) >= 11 is 0. The standard InChI is InChI=1S/C12H21ClN2O4S2/c1-5-6-10-14-11(21(13,18)19)9-15(10)7-8-20(16,17)12(2,3)4/h9H,5-8H2,1-4H3. The summed E-state index contributed by atoms with van der Waals surface area (Å²) in [5.74, 6) is 0.451. The normalized spacial score (nSPS) is 13.6. The number of imidazole rings is 1. The summed E-state index contributed by atoms with van der Waals surface area (Å²) in [6.45, 7) is 7.00. The summed E-state index contributed by atoms with van der Waals surface area (Å²) in [7, 11) is -1.91. The molecule has 9 heteroatoms. The Hall–Kier alpha value is -0.600. The molecule has 0 spiro atoms. The molecule has 0 saturated heterocycles. The van der Waals surface area contributed by atoms with Gasteiger partial charge in [-0.1, -0.05) is 6.92 Å². The van der Waals surface area contributed by atoms with Crippen molar-refractivity contribution in [2.75, 3.05) is 5.75 Å². The Morgan fingerprint density at radius 2 is 1.81 bits per heavy atom. The number of aryl methyl sites for hydroxylation is 2. The predicted molar refractivity (Wildman–Crippen MR) is 82.8 cm³/mol. The van der Waals surface area contributed by atoms with E-state index in [1.807, 2.05) is 6.92 Å². The lowest BCUT2D eigenvalue weighted by molar-refractivity contribution is 0.551. The molecule has 6 nitrogen and oxygen atoms in total. The van der Waals surface area contributed by atoms with Crippen LogP contribution in [0.15, 0.2) is 11.2 Å². The molecule has 1 heterocycles. The summed E-state index contributed by atoms with van der Waals surface area (Å²) < 4.78 is 47.6. The summed E-state index contributed by atoms with van der Waals surface area (Å²) in [5, 5.41) is -0.235. The van der Waals surface area contributed by atoms with Crippen molar-refractivity contribution in [3.8, 4) is 0 Å². The summed E-state index contributed by atoms with van der Waals surface area (Å²) in [4.78, 5) is 3.98. The Morgan fingerprint density at radius 3 is 2.24 bits per heavy atom. The largest absolute Gasteiger partial charge is 0.332 e. The van der Waals surface area contributed by atoms with Gasteiger partial charge >= 0.3 is 0 Å². The van der Waals surface area contributed by atoms with Crippen molar-refractivity contribution in [3.63, 3.8) is 0 Å². The molecule has 0 aliphatic rings. The van der Waals surface area contributed by atoms with Gasteiger partial charge in [0.1, 0.15) is 5.82 Å². The Morgan fingerprint density at radius 1 is 1.24 bits per heavy atom. The second-order valence-electron chi connectivity index (χ2n) is 5.81. The number of halogens is 1. The average Bonchev–Trinajstić information content (AvgIpc) is 2.68. The van der Waals surface area contributed by atoms with Crippen LogP contribution >= 0.6 is 10.7 Å². The number of aromatic nitrogens is 2. The SMILES string of the molecule is CCCc1nc(S(=O)(=O)Cl)cn1CCS(=O)(=O)C(C)(C)C. The summed E-state index contributed by atoms with van der Waals surface area (Å²) in [5.41, 5.74) is 0. The van der Waals surface area contributed by atoms with E-state index in [0.29, 0.717) is 12.2 Å². The maximum atomic E-state index is 12.1. The van der Waals surface area contributed by atoms with Gasteiger partial charge in [-0.25, -0.2) is 21.8 Å². The van der Waals surface area contributed by atoms with Crippen LogP contribution in [0, 0.1) is 0 Å². The maximum Gasteiger partial charge on any atom is 0.280 e. The molecule has 0 aliphatic carbocycles. The number of rotatable bonds is 6. The Bertz CT molecular complexity index is 700. The highest BCUT2D eigenvalue weighted by atomic mass is 35.7. The van der Waals surface area contributed by atoms with Gasteiger partial charge in [-0.2, -0.15) is 0 Å². The Kier molecular flexibility index (Phi) is 5.50. The zero-order valence-electron chi connectivity index (χ0n) is 12.6. The van der Waals surface area contributed by atoms with Crippen LogP contribution < -0.4 is 0 Å². The average molecular weight is 357 g/mol. The van der Waals surface area contributed by atoms with E-state index in [4.69, 9.17) is 10.7 Å². The second kappa shape index (κ2) is 6.26. The van der Waals surface area contributed by atoms with E-state index in [2.05, 4.69) is 4.98 Å². The van der Waals surface area contributed by atoms with Crippen LogP contribution in [0.25, 0.3) is 0 Å². The second-order valence-corrected chi connectivity index (χ2v) is 11.2. The van der Waals surface area contributed by atoms with Crippen LogP contribution in [0.3, 0.4) is 0 Å². The van der Waals surface area contributed by atoms with Gasteiger partial charge in [-0.15, -0.1) is 0 Å². The van der Waals surface area contributed by atoms with Gasteiger partial charge < -0.3 is 4.57 Å². The first kappa shape index (κ1) is 18.4. The van der Waals surface area contributed by atoms with Gasteiger partial charge in [0, 0.05) is 29.8 Å². The van der Waals surface area contributed by atoms with E-state index in [1.165, 1.54) is 6.20 Å². The van der Waals surface area contributed by atoms with E-state index in [-0.39, 0.29) is 17.3 Å². The topological polar surface area (TPSA) is 86.1 Å². The molecule has 0 N–H and O–H groups in total. The molecule has 0 amide bonds.